The van der Waals surface area contributed by atoms with Crippen molar-refractivity contribution < 1.29 is 96.2 Å². The molecular formula is C117H120F3N24OsPPt3-2. The molecule has 0 spiro atoms. The number of pyridine rings is 6. The minimum absolute atomic E-state index is 0. The smallest absolute Gasteiger partial charge is 0.697 e. The van der Waals surface area contributed by atoms with Crippen molar-refractivity contribution in [2.75, 3.05) is 13.3 Å². The fraction of sp³-hybridized carbons (Fsp3) is 0.179. The minimum Gasteiger partial charge on any atom is -0.697 e. The van der Waals surface area contributed by atoms with Crippen LogP contribution in [0.15, 0.2) is 313 Å². The van der Waals surface area contributed by atoms with Crippen LogP contribution in [0.3, 0.4) is 0 Å². The van der Waals surface area contributed by atoms with Crippen LogP contribution in [-0.4, -0.2) is 109 Å². The average Bonchev–Trinajstić information content (AvgIpc) is 0.808. The maximum Gasteiger partial charge on any atom is 2.00 e. The summed E-state index contributed by atoms with van der Waals surface area (Å²) >= 11 is 0. The second-order valence-electron chi connectivity index (χ2n) is 33.7. The van der Waals surface area contributed by atoms with Gasteiger partial charge in [0.1, 0.15) is 17.4 Å². The molecule has 0 amide bonds. The molecule has 0 fully saturated rings. The van der Waals surface area contributed by atoms with Crippen molar-refractivity contribution in [3.63, 3.8) is 0 Å². The predicted molar refractivity (Wildman–Crippen MR) is 600 cm³/mol. The van der Waals surface area contributed by atoms with Gasteiger partial charge in [-0.25, -0.2) is 44.9 Å². The van der Waals surface area contributed by atoms with Gasteiger partial charge in [0.2, 0.25) is 0 Å². The first-order chi connectivity index (χ1) is 68.8. The van der Waals surface area contributed by atoms with Crippen LogP contribution in [0.5, 0.6) is 0 Å². The van der Waals surface area contributed by atoms with E-state index >= 15 is 0 Å². The third kappa shape index (κ3) is 34.2. The van der Waals surface area contributed by atoms with Gasteiger partial charge in [-0.1, -0.05) is 197 Å². The maximum absolute atomic E-state index is 12.7. The van der Waals surface area contributed by atoms with E-state index in [2.05, 4.69) is 109 Å². The van der Waals surface area contributed by atoms with Crippen molar-refractivity contribution in [1.29, 1.82) is 37.9 Å². The Balaban J connectivity index is 0.000000335. The Bertz CT molecular complexity index is 7160. The van der Waals surface area contributed by atoms with Crippen molar-refractivity contribution in [3.8, 4) is 101 Å². The molecule has 14 N–H and O–H groups in total. The summed E-state index contributed by atoms with van der Waals surface area (Å²) in [6, 6.07) is 83.7. The summed E-state index contributed by atoms with van der Waals surface area (Å²) in [5, 5.41) is 56.4. The van der Waals surface area contributed by atoms with Gasteiger partial charge in [-0.05, 0) is 241 Å². The first-order valence-electron chi connectivity index (χ1n) is 46.6. The number of halogens is 3. The zero-order chi connectivity index (χ0) is 105. The Morgan fingerprint density at radius 3 is 1.01 bits per heavy atom. The number of aromatic nitrogens is 10. The second-order valence-corrected chi connectivity index (χ2v) is 36.3. The molecule has 0 unspecified atom stereocenters. The quantitative estimate of drug-likeness (QED) is 0.0132. The molecule has 149 heavy (non-hydrogen) atoms. The summed E-state index contributed by atoms with van der Waals surface area (Å²) in [6.45, 7) is 28.7. The summed E-state index contributed by atoms with van der Waals surface area (Å²) in [4.78, 5) is 45.2. The van der Waals surface area contributed by atoms with Crippen molar-refractivity contribution in [2.24, 2.45) is 0 Å². The van der Waals surface area contributed by atoms with Gasteiger partial charge >= 0.3 is 69.4 Å². The van der Waals surface area contributed by atoms with Crippen molar-refractivity contribution in [3.05, 3.63) is 418 Å². The van der Waals surface area contributed by atoms with Crippen LogP contribution in [0.25, 0.3) is 181 Å². The van der Waals surface area contributed by atoms with Crippen LogP contribution in [0.1, 0.15) is 160 Å². The number of hydrogen-bond donors (Lipinski definition) is 7. The zero-order valence-corrected chi connectivity index (χ0v) is 95.9. The Morgan fingerprint density at radius 2 is 0.638 bits per heavy atom. The van der Waals surface area contributed by atoms with E-state index in [1.54, 1.807) is 114 Å². The summed E-state index contributed by atoms with van der Waals surface area (Å²) in [7, 11) is -0.212. The SMILES string of the molecule is CC(=N)/C=C(\[NH-])c1cccc(-c2ccccc2-c2cccc(/C([NH-])=C/C(=N)C(F)(F)F)n2)n1.CCC(=N)/C(C)=C(\[NH-])c1cccc(-c2cc(-c3cccc(/C([NH-])=C(\C)C(=N)CC)n3)c(C)cc2C)n1.CCC(=N)/C(C)=C(\[NH-])c1cccc(-c2cccc(-c3[c-]c(-c4ccccn4)ccc3)c2)n1.CCC(=N)/C(C)=C(\[NH-])c1nccc(-c2cccc(-c3ccnc(/C([NH-])=C(\C)C(=N)CC)n3)c2)n1.C[PH+](C)c1ccccc1.[CH3-].[Os].[Pt+2].[Pt+2].[Pt+2]. The molecule has 14 aromatic rings. The van der Waals surface area contributed by atoms with Crippen LogP contribution in [0.4, 0.5) is 13.2 Å². The molecule has 8 heterocycles. The molecule has 0 aliphatic heterocycles. The molecular weight excluding hydrogens is 2600 g/mol. The molecule has 0 saturated heterocycles. The Hall–Kier alpha value is -14.2. The molecule has 774 valence electrons. The van der Waals surface area contributed by atoms with Gasteiger partial charge in [-0.15, -0.1) is 58.3 Å². The molecule has 0 aliphatic carbocycles. The molecule has 32 heteroatoms. The molecule has 0 radical (unpaired) electrons. The van der Waals surface area contributed by atoms with Gasteiger partial charge < -0.3 is 80.0 Å². The van der Waals surface area contributed by atoms with E-state index in [9.17, 15) is 13.2 Å². The second kappa shape index (κ2) is 59.7. The maximum atomic E-state index is 12.7. The predicted octanol–water partition coefficient (Wildman–Crippen LogP) is 32.8. The monoisotopic (exact) mass is 2730 g/mol. The summed E-state index contributed by atoms with van der Waals surface area (Å²) < 4.78 is 38.0. The van der Waals surface area contributed by atoms with Crippen LogP contribution < -0.4 is 5.30 Å². The van der Waals surface area contributed by atoms with Gasteiger partial charge in [0.15, 0.2) is 0 Å². The molecule has 0 aliphatic rings. The van der Waals surface area contributed by atoms with Gasteiger partial charge in [0, 0.05) is 148 Å². The van der Waals surface area contributed by atoms with Crippen LogP contribution in [0.2, 0.25) is 0 Å². The minimum atomic E-state index is -4.84. The van der Waals surface area contributed by atoms with E-state index in [1.807, 2.05) is 189 Å². The van der Waals surface area contributed by atoms with E-state index < -0.39 is 17.6 Å². The fourth-order valence-corrected chi connectivity index (χ4v) is 15.5. The van der Waals surface area contributed by atoms with Gasteiger partial charge in [0.25, 0.3) is 0 Å². The van der Waals surface area contributed by atoms with E-state index in [1.165, 1.54) is 17.4 Å². The molecule has 0 bridgehead atoms. The van der Waals surface area contributed by atoms with Gasteiger partial charge in [-0.3, -0.25) is 10.4 Å². The number of allylic oxidation sites excluding steroid dienone is 7. The Morgan fingerprint density at radius 1 is 0.322 bits per heavy atom. The molecule has 0 saturated carbocycles. The number of hydrogen-bond acceptors (Lipinski definition) is 17. The first kappa shape index (κ1) is 125. The molecule has 0 atom stereocenters. The number of alkyl halides is 3. The number of aryl methyl sites for hydroxylation is 2. The molecule has 14 rings (SSSR count). The van der Waals surface area contributed by atoms with Crippen molar-refractivity contribution in [1.82, 2.24) is 49.8 Å². The summed E-state index contributed by atoms with van der Waals surface area (Å²) in [6.07, 6.45) is 4.85. The molecule has 8 aromatic heterocycles. The third-order valence-corrected chi connectivity index (χ3v) is 24.8. The van der Waals surface area contributed by atoms with Crippen molar-refractivity contribution >= 4 is 93.1 Å². The van der Waals surface area contributed by atoms with Crippen LogP contribution in [-0.2, 0) is 83.0 Å². The third-order valence-electron chi connectivity index (χ3n) is 23.3. The summed E-state index contributed by atoms with van der Waals surface area (Å²) in [5.74, 6) is 0.557. The first-order valence-corrected chi connectivity index (χ1v) is 49.1. The number of benzene rings is 6. The van der Waals surface area contributed by atoms with E-state index in [-0.39, 0.29) is 150 Å². The van der Waals surface area contributed by atoms with E-state index in [4.69, 9.17) is 93.0 Å². The van der Waals surface area contributed by atoms with Crippen molar-refractivity contribution in [2.45, 2.75) is 128 Å². The molecule has 24 nitrogen and oxygen atoms in total. The zero-order valence-electron chi connectivity index (χ0n) is 85.6. The number of nitrogens with one attached hydrogen (secondary N) is 14. The van der Waals surface area contributed by atoms with Crippen LogP contribution >= 0.6 is 7.92 Å². The standard InChI is InChI=1S/C30H34N6.C28H24N4.C26H28N8.C24H19F3N6.C8H11P.CH3.Os.3Pt/c1-7-23(31)19(5)29(33)27-13-9-11-25(35-27)21-16-22(18(4)15-17(21)3)26-12-10-14-28(36-26)30(34)20(6)24(32)8-2;1-3-24(29)19(2)28(30)27-15-8-14-26(32-27)23-12-7-10-21(18-23)20-9-6-11-22(17-20)25-13-4-5-16-31-25;1-5-19(27)15(3)23(29)25-31-12-10-21(33-25)17-8-7-9-18(14-17)22-11-13-32-26(34-22)24(30)16(4)20(28)6-2;1-14(28)12-17(29)21-10-4-8-19(32-21)15-6-2-3-7-16(15)20-9-5-11-22(33-20)18(30)13-23(31)24(25,26)27;1-9(2)8-6-4-3-5-7-8;;;;;/h9-16,31-34H,7-8H2,1-6H3;4-16,18,29-30H,3H2,1-2H3;7-14,27-30H,5-6H2,1-4H3;2-13,28-31H,1H3;3-7H,1-2H3;1H3;;;;/q4*-2;;-1;;3*+2/p+1/b29-19-,30-20-,31-23?,32-24?;28-19-,29-24?;23-15-,24-16-,27-19?,28-20?;17-12-,18-13-,28-14?,31-23?;;;;;;. The number of nitrogens with zero attached hydrogens (tertiary/aromatic N) is 10. The normalized spacial score (nSPS) is 11.8. The number of rotatable bonds is 29. The Labute approximate surface area is 930 Å². The van der Waals surface area contributed by atoms with Crippen LogP contribution in [0, 0.1) is 65.2 Å². The topological polar surface area (TPSA) is 462 Å². The van der Waals surface area contributed by atoms with Gasteiger partial charge in [0.05, 0.1) is 58.5 Å². The average molecular weight is 2730 g/mol. The fourth-order valence-electron chi connectivity index (χ4n) is 14.6. The molecule has 6 aromatic carbocycles. The van der Waals surface area contributed by atoms with Gasteiger partial charge in [-0.2, -0.15) is 13.2 Å². The van der Waals surface area contributed by atoms with E-state index in [0.717, 1.165) is 78.4 Å². The summed E-state index contributed by atoms with van der Waals surface area (Å²) in [5.41, 5.74) is 81.4. The Kier molecular flexibility index (Phi) is 50.2. The largest absolute Gasteiger partial charge is 2.00 e. The van der Waals surface area contributed by atoms with E-state index in [0.29, 0.717) is 157 Å².